The molecule has 0 aromatic heterocycles. The molecule has 3 aromatic rings. The molecule has 0 amide bonds. The highest BCUT2D eigenvalue weighted by atomic mass is 16.5. The highest BCUT2D eigenvalue weighted by Crippen LogP contribution is 2.35. The van der Waals surface area contributed by atoms with Crippen LogP contribution in [0.2, 0.25) is 0 Å². The summed E-state index contributed by atoms with van der Waals surface area (Å²) in [6.07, 6.45) is 1.79. The van der Waals surface area contributed by atoms with Crippen LogP contribution in [0.5, 0.6) is 11.5 Å². The van der Waals surface area contributed by atoms with Crippen LogP contribution < -0.4 is 9.47 Å². The average molecular weight is 370 g/mol. The predicted octanol–water partition coefficient (Wildman–Crippen LogP) is 6.01. The molecule has 1 aliphatic heterocycles. The molecule has 1 aliphatic rings. The average Bonchev–Trinajstić information content (AvgIpc) is 3.02. The lowest BCUT2D eigenvalue weighted by atomic mass is 10.0. The molecule has 3 nitrogen and oxygen atoms in total. The second kappa shape index (κ2) is 7.73. The van der Waals surface area contributed by atoms with Crippen LogP contribution in [0.25, 0.3) is 6.08 Å². The minimum atomic E-state index is -0.0995. The molecule has 3 aromatic carbocycles. The number of hydrogen-bond acceptors (Lipinski definition) is 3. The second-order valence-corrected chi connectivity index (χ2v) is 7.19. The minimum absolute atomic E-state index is 0.0995. The highest BCUT2D eigenvalue weighted by molar-refractivity contribution is 6.14. The highest BCUT2D eigenvalue weighted by Gasteiger charge is 2.27. The van der Waals surface area contributed by atoms with Gasteiger partial charge >= 0.3 is 0 Å². The number of ketones is 1. The van der Waals surface area contributed by atoms with E-state index in [9.17, 15) is 4.79 Å². The lowest BCUT2D eigenvalue weighted by Crippen LogP contribution is -1.98. The van der Waals surface area contributed by atoms with E-state index in [1.165, 1.54) is 5.56 Å². The topological polar surface area (TPSA) is 35.5 Å². The van der Waals surface area contributed by atoms with Crippen molar-refractivity contribution in [3.8, 4) is 11.5 Å². The number of allylic oxidation sites excluding steroid dienone is 1. The molecule has 28 heavy (non-hydrogen) atoms. The van der Waals surface area contributed by atoms with Gasteiger partial charge in [-0.3, -0.25) is 4.79 Å². The van der Waals surface area contributed by atoms with Gasteiger partial charge in [-0.15, -0.1) is 0 Å². The molecule has 4 rings (SSSR count). The van der Waals surface area contributed by atoms with Crippen molar-refractivity contribution < 1.29 is 14.3 Å². The van der Waals surface area contributed by atoms with Gasteiger partial charge in [-0.05, 0) is 40.8 Å². The van der Waals surface area contributed by atoms with Gasteiger partial charge in [0, 0.05) is 6.07 Å². The molecule has 0 N–H and O–H groups in total. The van der Waals surface area contributed by atoms with Crippen molar-refractivity contribution in [2.45, 2.75) is 26.4 Å². The molecule has 0 unspecified atom stereocenters. The third kappa shape index (κ3) is 3.84. The lowest BCUT2D eigenvalue weighted by molar-refractivity contribution is 0.101. The van der Waals surface area contributed by atoms with E-state index in [1.807, 2.05) is 48.5 Å². The molecule has 1 heterocycles. The molecule has 0 radical (unpaired) electrons. The number of rotatable bonds is 5. The zero-order valence-corrected chi connectivity index (χ0v) is 16.0. The van der Waals surface area contributed by atoms with Crippen LogP contribution in [-0.2, 0) is 6.61 Å². The SMILES string of the molecule is CC(C)c1ccc(/C=C2\Oc3cc(OCc4ccccc4)ccc3C2=O)cc1. The molecule has 0 spiro atoms. The first-order valence-electron chi connectivity index (χ1n) is 9.45. The molecule has 140 valence electrons. The summed E-state index contributed by atoms with van der Waals surface area (Å²) in [5.41, 5.74) is 3.87. The summed E-state index contributed by atoms with van der Waals surface area (Å²) in [5, 5.41) is 0. The number of benzene rings is 3. The number of carbonyl (C=O) groups is 1. The van der Waals surface area contributed by atoms with Crippen LogP contribution >= 0.6 is 0 Å². The van der Waals surface area contributed by atoms with Crippen LogP contribution in [-0.4, -0.2) is 5.78 Å². The number of carbonyl (C=O) groups excluding carboxylic acids is 1. The third-order valence-corrected chi connectivity index (χ3v) is 4.79. The fraction of sp³-hybridized carbons (Fsp3) is 0.160. The molecule has 0 atom stereocenters. The van der Waals surface area contributed by atoms with Crippen molar-refractivity contribution in [1.29, 1.82) is 0 Å². The monoisotopic (exact) mass is 370 g/mol. The summed E-state index contributed by atoms with van der Waals surface area (Å²) >= 11 is 0. The van der Waals surface area contributed by atoms with Crippen LogP contribution in [0.4, 0.5) is 0 Å². The van der Waals surface area contributed by atoms with Gasteiger partial charge in [0.25, 0.3) is 0 Å². The van der Waals surface area contributed by atoms with Crippen molar-refractivity contribution in [2.75, 3.05) is 0 Å². The van der Waals surface area contributed by atoms with Gasteiger partial charge in [0.15, 0.2) is 5.76 Å². The summed E-state index contributed by atoms with van der Waals surface area (Å²) in [6.45, 7) is 4.79. The van der Waals surface area contributed by atoms with Crippen LogP contribution in [0, 0.1) is 0 Å². The molecule has 0 bridgehead atoms. The molecule has 0 saturated carbocycles. The van der Waals surface area contributed by atoms with Gasteiger partial charge < -0.3 is 9.47 Å². The summed E-state index contributed by atoms with van der Waals surface area (Å²) in [4.78, 5) is 12.6. The Morgan fingerprint density at radius 2 is 1.71 bits per heavy atom. The molecular weight excluding hydrogens is 348 g/mol. The normalized spacial score (nSPS) is 14.2. The van der Waals surface area contributed by atoms with E-state index in [1.54, 1.807) is 18.2 Å². The van der Waals surface area contributed by atoms with Gasteiger partial charge in [-0.25, -0.2) is 0 Å². The number of Topliss-reactive ketones (excluding diaryl/α,β-unsaturated/α-hetero) is 1. The van der Waals surface area contributed by atoms with Gasteiger partial charge in [-0.1, -0.05) is 68.4 Å². The minimum Gasteiger partial charge on any atom is -0.489 e. The molecule has 3 heteroatoms. The Labute approximate surface area is 165 Å². The lowest BCUT2D eigenvalue weighted by Gasteiger charge is -2.07. The van der Waals surface area contributed by atoms with E-state index in [0.29, 0.717) is 35.3 Å². The zero-order chi connectivity index (χ0) is 19.5. The van der Waals surface area contributed by atoms with Gasteiger partial charge in [0.2, 0.25) is 5.78 Å². The fourth-order valence-electron chi connectivity index (χ4n) is 3.13. The quantitative estimate of drug-likeness (QED) is 0.516. The Morgan fingerprint density at radius 3 is 2.43 bits per heavy atom. The van der Waals surface area contributed by atoms with Crippen LogP contribution in [0.1, 0.15) is 46.8 Å². The maximum absolute atomic E-state index is 12.6. The summed E-state index contributed by atoms with van der Waals surface area (Å²) < 4.78 is 11.7. The maximum atomic E-state index is 12.6. The third-order valence-electron chi connectivity index (χ3n) is 4.79. The first-order chi connectivity index (χ1) is 13.6. The molecule has 0 aliphatic carbocycles. The Hall–Kier alpha value is -3.33. The number of fused-ring (bicyclic) bond motifs is 1. The Balaban J connectivity index is 1.49. The van der Waals surface area contributed by atoms with Crippen molar-refractivity contribution in [3.05, 3.63) is 101 Å². The van der Waals surface area contributed by atoms with E-state index >= 15 is 0 Å². The van der Waals surface area contributed by atoms with E-state index in [4.69, 9.17) is 9.47 Å². The predicted molar refractivity (Wildman–Crippen MR) is 111 cm³/mol. The first-order valence-corrected chi connectivity index (χ1v) is 9.45. The van der Waals surface area contributed by atoms with Crippen molar-refractivity contribution in [3.63, 3.8) is 0 Å². The Morgan fingerprint density at radius 1 is 0.964 bits per heavy atom. The fourth-order valence-corrected chi connectivity index (χ4v) is 3.13. The van der Waals surface area contributed by atoms with Gasteiger partial charge in [0.05, 0.1) is 5.56 Å². The summed E-state index contributed by atoms with van der Waals surface area (Å²) in [6, 6.07) is 23.5. The van der Waals surface area contributed by atoms with Crippen LogP contribution in [0.15, 0.2) is 78.6 Å². The Bertz CT molecular complexity index is 1020. The second-order valence-electron chi connectivity index (χ2n) is 7.19. The molecular formula is C25H22O3. The zero-order valence-electron chi connectivity index (χ0n) is 16.0. The summed E-state index contributed by atoms with van der Waals surface area (Å²) in [5.74, 6) is 1.94. The molecule has 0 saturated heterocycles. The van der Waals surface area contributed by atoms with E-state index < -0.39 is 0 Å². The Kier molecular flexibility index (Phi) is 4.98. The van der Waals surface area contributed by atoms with Crippen molar-refractivity contribution in [2.24, 2.45) is 0 Å². The number of ether oxygens (including phenoxy) is 2. The van der Waals surface area contributed by atoms with E-state index in [2.05, 4.69) is 26.0 Å². The van der Waals surface area contributed by atoms with Crippen molar-refractivity contribution in [1.82, 2.24) is 0 Å². The maximum Gasteiger partial charge on any atom is 0.231 e. The largest absolute Gasteiger partial charge is 0.489 e. The molecule has 0 fully saturated rings. The van der Waals surface area contributed by atoms with Crippen LogP contribution in [0.3, 0.4) is 0 Å². The first kappa shape index (κ1) is 18.1. The summed E-state index contributed by atoms with van der Waals surface area (Å²) in [7, 11) is 0. The standard InChI is InChI=1S/C25H22O3/c1-17(2)20-10-8-18(9-11-20)14-24-25(26)22-13-12-21(15-23(22)28-24)27-16-19-6-4-3-5-7-19/h3-15,17H,16H2,1-2H3/b24-14-. The van der Waals surface area contributed by atoms with Gasteiger partial charge in [0.1, 0.15) is 18.1 Å². The van der Waals surface area contributed by atoms with Gasteiger partial charge in [-0.2, -0.15) is 0 Å². The van der Waals surface area contributed by atoms with E-state index in [0.717, 1.165) is 11.1 Å². The number of hydrogen-bond donors (Lipinski definition) is 0. The van der Waals surface area contributed by atoms with Crippen molar-refractivity contribution >= 4 is 11.9 Å². The smallest absolute Gasteiger partial charge is 0.231 e. The van der Waals surface area contributed by atoms with E-state index in [-0.39, 0.29) is 5.78 Å².